The van der Waals surface area contributed by atoms with Crippen LogP contribution in [-0.4, -0.2) is 17.4 Å². The van der Waals surface area contributed by atoms with Gasteiger partial charge in [-0.25, -0.2) is 8.78 Å². The Hall–Kier alpha value is -3.03. The number of benzene rings is 2. The number of hydrogen-bond donors (Lipinski definition) is 1. The lowest BCUT2D eigenvalue weighted by Crippen LogP contribution is -2.20. The van der Waals surface area contributed by atoms with Crippen molar-refractivity contribution >= 4 is 17.3 Å². The summed E-state index contributed by atoms with van der Waals surface area (Å²) in [5, 5.41) is 13.2. The second kappa shape index (κ2) is 6.82. The number of halogens is 2. The van der Waals surface area contributed by atoms with Crippen LogP contribution in [0.1, 0.15) is 5.56 Å². The van der Waals surface area contributed by atoms with E-state index in [2.05, 4.69) is 5.32 Å². The first-order valence-corrected chi connectivity index (χ1v) is 6.49. The highest BCUT2D eigenvalue weighted by Crippen LogP contribution is 2.22. The summed E-state index contributed by atoms with van der Waals surface area (Å²) < 4.78 is 31.0. The van der Waals surface area contributed by atoms with Crippen molar-refractivity contribution in [2.24, 2.45) is 0 Å². The highest BCUT2D eigenvalue weighted by Gasteiger charge is 2.13. The molecule has 23 heavy (non-hydrogen) atoms. The zero-order valence-corrected chi connectivity index (χ0v) is 12.0. The van der Waals surface area contributed by atoms with Crippen molar-refractivity contribution in [1.82, 2.24) is 0 Å². The van der Waals surface area contributed by atoms with Crippen LogP contribution in [0.4, 0.5) is 20.2 Å². The fourth-order valence-electron chi connectivity index (χ4n) is 1.82. The third kappa shape index (κ3) is 4.22. The molecular weight excluding hydrogens is 310 g/mol. The summed E-state index contributed by atoms with van der Waals surface area (Å²) in [5.41, 5.74) is 0.543. The Bertz CT molecular complexity index is 765. The summed E-state index contributed by atoms with van der Waals surface area (Å²) in [4.78, 5) is 22.0. The van der Waals surface area contributed by atoms with Gasteiger partial charge in [0.25, 0.3) is 11.6 Å². The molecule has 0 heterocycles. The molecule has 0 saturated carbocycles. The molecular formula is C15H12F2N2O4. The van der Waals surface area contributed by atoms with Gasteiger partial charge in [0.05, 0.1) is 4.92 Å². The summed E-state index contributed by atoms with van der Waals surface area (Å²) in [6, 6.07) is 6.91. The Morgan fingerprint density at radius 2 is 2.00 bits per heavy atom. The first-order valence-electron chi connectivity index (χ1n) is 6.49. The average molecular weight is 322 g/mol. The summed E-state index contributed by atoms with van der Waals surface area (Å²) in [6.45, 7) is 1.05. The molecule has 2 aromatic rings. The van der Waals surface area contributed by atoms with E-state index < -0.39 is 29.1 Å². The normalized spacial score (nSPS) is 10.2. The topological polar surface area (TPSA) is 81.5 Å². The molecule has 0 atom stereocenters. The number of carbonyl (C=O) groups excluding carboxylic acids is 1. The number of amides is 1. The van der Waals surface area contributed by atoms with Crippen molar-refractivity contribution < 1.29 is 23.2 Å². The fraction of sp³-hybridized carbons (Fsp3) is 0.133. The second-order valence-corrected chi connectivity index (χ2v) is 4.67. The van der Waals surface area contributed by atoms with Gasteiger partial charge in [0.15, 0.2) is 18.2 Å². The summed E-state index contributed by atoms with van der Waals surface area (Å²) in [5.74, 6) is -2.58. The lowest BCUT2D eigenvalue weighted by Gasteiger charge is -2.08. The molecule has 2 aromatic carbocycles. The summed E-state index contributed by atoms with van der Waals surface area (Å²) in [6.07, 6.45) is 0. The van der Waals surface area contributed by atoms with E-state index in [-0.39, 0.29) is 17.1 Å². The first-order chi connectivity index (χ1) is 10.9. The molecule has 0 radical (unpaired) electrons. The zero-order chi connectivity index (χ0) is 17.0. The largest absolute Gasteiger partial charge is 0.481 e. The van der Waals surface area contributed by atoms with E-state index in [9.17, 15) is 23.7 Å². The molecule has 1 amide bonds. The molecule has 1 N–H and O–H groups in total. The van der Waals surface area contributed by atoms with Crippen LogP contribution in [0.2, 0.25) is 0 Å². The zero-order valence-electron chi connectivity index (χ0n) is 12.0. The highest BCUT2D eigenvalue weighted by molar-refractivity contribution is 5.92. The van der Waals surface area contributed by atoms with Crippen molar-refractivity contribution in [3.8, 4) is 5.75 Å². The molecule has 0 spiro atoms. The van der Waals surface area contributed by atoms with E-state index in [1.165, 1.54) is 18.2 Å². The quantitative estimate of drug-likeness (QED) is 0.677. The minimum absolute atomic E-state index is 0.131. The van der Waals surface area contributed by atoms with Gasteiger partial charge in [0, 0.05) is 23.4 Å². The van der Waals surface area contributed by atoms with E-state index >= 15 is 0 Å². The standard InChI is InChI=1S/C15H12F2N2O4/c1-9-2-4-11(7-13(9)19(21)22)18-15(20)8-23-14-5-3-10(16)6-12(14)17/h2-7H,8H2,1H3,(H,18,20). The van der Waals surface area contributed by atoms with Gasteiger partial charge in [0.2, 0.25) is 0 Å². The number of nitrogens with one attached hydrogen (secondary N) is 1. The number of hydrogen-bond acceptors (Lipinski definition) is 4. The molecule has 0 aliphatic carbocycles. The summed E-state index contributed by atoms with van der Waals surface area (Å²) in [7, 11) is 0. The Morgan fingerprint density at radius 1 is 1.26 bits per heavy atom. The van der Waals surface area contributed by atoms with Crippen LogP contribution in [0.15, 0.2) is 36.4 Å². The van der Waals surface area contributed by atoms with Gasteiger partial charge in [-0.05, 0) is 25.1 Å². The van der Waals surface area contributed by atoms with Crippen LogP contribution in [0.25, 0.3) is 0 Å². The van der Waals surface area contributed by atoms with Gasteiger partial charge >= 0.3 is 0 Å². The molecule has 8 heteroatoms. The lowest BCUT2D eigenvalue weighted by molar-refractivity contribution is -0.385. The second-order valence-electron chi connectivity index (χ2n) is 4.67. The Morgan fingerprint density at radius 3 is 2.65 bits per heavy atom. The molecule has 0 unspecified atom stereocenters. The number of carbonyl (C=O) groups is 1. The number of rotatable bonds is 5. The van der Waals surface area contributed by atoms with Gasteiger partial charge in [-0.1, -0.05) is 6.07 Å². The van der Waals surface area contributed by atoms with Crippen molar-refractivity contribution in [2.45, 2.75) is 6.92 Å². The van der Waals surface area contributed by atoms with Gasteiger partial charge in [0.1, 0.15) is 5.82 Å². The van der Waals surface area contributed by atoms with Gasteiger partial charge in [-0.3, -0.25) is 14.9 Å². The molecule has 0 aliphatic heterocycles. The first kappa shape index (κ1) is 16.3. The monoisotopic (exact) mass is 322 g/mol. The number of nitro benzene ring substituents is 1. The molecule has 2 rings (SSSR count). The van der Waals surface area contributed by atoms with Crippen molar-refractivity contribution in [3.63, 3.8) is 0 Å². The van der Waals surface area contributed by atoms with E-state index in [4.69, 9.17) is 4.74 Å². The number of ether oxygens (including phenoxy) is 1. The third-order valence-corrected chi connectivity index (χ3v) is 2.94. The molecule has 0 saturated heterocycles. The SMILES string of the molecule is Cc1ccc(NC(=O)COc2ccc(F)cc2F)cc1[N+](=O)[O-]. The molecule has 6 nitrogen and oxygen atoms in total. The van der Waals surface area contributed by atoms with Gasteiger partial charge in [-0.2, -0.15) is 0 Å². The van der Waals surface area contributed by atoms with Crippen molar-refractivity contribution in [2.75, 3.05) is 11.9 Å². The summed E-state index contributed by atoms with van der Waals surface area (Å²) >= 11 is 0. The molecule has 0 fully saturated rings. The molecule has 0 aliphatic rings. The fourth-order valence-corrected chi connectivity index (χ4v) is 1.82. The van der Waals surface area contributed by atoms with E-state index in [1.807, 2.05) is 0 Å². The predicted molar refractivity (Wildman–Crippen MR) is 78.3 cm³/mol. The Kier molecular flexibility index (Phi) is 4.85. The minimum atomic E-state index is -0.927. The maximum absolute atomic E-state index is 13.3. The van der Waals surface area contributed by atoms with E-state index in [0.717, 1.165) is 12.1 Å². The molecule has 120 valence electrons. The Labute approximate surface area is 129 Å². The maximum Gasteiger partial charge on any atom is 0.274 e. The van der Waals surface area contributed by atoms with E-state index in [1.54, 1.807) is 6.92 Å². The van der Waals surface area contributed by atoms with Crippen LogP contribution in [0, 0.1) is 28.7 Å². The van der Waals surface area contributed by atoms with Gasteiger partial charge in [-0.15, -0.1) is 0 Å². The smallest absolute Gasteiger partial charge is 0.274 e. The number of nitro groups is 1. The molecule has 0 bridgehead atoms. The predicted octanol–water partition coefficient (Wildman–Crippen LogP) is 3.20. The third-order valence-electron chi connectivity index (χ3n) is 2.94. The van der Waals surface area contributed by atoms with Crippen LogP contribution >= 0.6 is 0 Å². The van der Waals surface area contributed by atoms with Crippen LogP contribution < -0.4 is 10.1 Å². The van der Waals surface area contributed by atoms with Crippen LogP contribution in [-0.2, 0) is 4.79 Å². The number of anilines is 1. The molecule has 0 aromatic heterocycles. The lowest BCUT2D eigenvalue weighted by atomic mass is 10.2. The average Bonchev–Trinajstić information content (AvgIpc) is 2.48. The highest BCUT2D eigenvalue weighted by atomic mass is 19.1. The van der Waals surface area contributed by atoms with Crippen LogP contribution in [0.3, 0.4) is 0 Å². The van der Waals surface area contributed by atoms with Crippen molar-refractivity contribution in [3.05, 3.63) is 63.7 Å². The van der Waals surface area contributed by atoms with Crippen molar-refractivity contribution in [1.29, 1.82) is 0 Å². The maximum atomic E-state index is 13.3. The Balaban J connectivity index is 2.00. The number of nitrogens with zero attached hydrogens (tertiary/aromatic N) is 1. The van der Waals surface area contributed by atoms with Gasteiger partial charge < -0.3 is 10.1 Å². The van der Waals surface area contributed by atoms with E-state index in [0.29, 0.717) is 11.6 Å². The number of aryl methyl sites for hydroxylation is 1. The van der Waals surface area contributed by atoms with Crippen LogP contribution in [0.5, 0.6) is 5.75 Å². The minimum Gasteiger partial charge on any atom is -0.481 e.